The zero-order valence-electron chi connectivity index (χ0n) is 19.0. The van der Waals surface area contributed by atoms with Crippen LogP contribution in [0.1, 0.15) is 30.5 Å². The summed E-state index contributed by atoms with van der Waals surface area (Å²) >= 11 is 0. The van der Waals surface area contributed by atoms with Crippen LogP contribution in [0.4, 0.5) is 14.9 Å². The summed E-state index contributed by atoms with van der Waals surface area (Å²) in [5.41, 5.74) is 2.19. The topological polar surface area (TPSA) is 54.9 Å². The van der Waals surface area contributed by atoms with Crippen LogP contribution in [0.25, 0.3) is 0 Å². The molecule has 7 heteroatoms. The van der Waals surface area contributed by atoms with E-state index in [9.17, 15) is 9.18 Å². The number of rotatable bonds is 6. The zero-order chi connectivity index (χ0) is 23.4. The van der Waals surface area contributed by atoms with Gasteiger partial charge in [0.2, 0.25) is 0 Å². The minimum atomic E-state index is -0.505. The molecule has 0 saturated carbocycles. The number of carbonyl (C=O) groups excluding carboxylic acids is 1. The van der Waals surface area contributed by atoms with E-state index in [-0.39, 0.29) is 11.9 Å². The van der Waals surface area contributed by atoms with E-state index in [1.807, 2.05) is 36.4 Å². The molecule has 1 atom stereocenters. The Balaban J connectivity index is 1.22. The Hall–Kier alpha value is -3.45. The van der Waals surface area contributed by atoms with Crippen molar-refractivity contribution in [2.24, 2.45) is 0 Å². The number of nitrogens with zero attached hydrogens (tertiary/aromatic N) is 3. The van der Waals surface area contributed by atoms with Crippen molar-refractivity contribution >= 4 is 11.8 Å². The van der Waals surface area contributed by atoms with E-state index in [4.69, 9.17) is 9.47 Å². The van der Waals surface area contributed by atoms with E-state index in [0.29, 0.717) is 18.8 Å². The molecular formula is C27H28FN3O3. The first-order valence-electron chi connectivity index (χ1n) is 11.7. The standard InChI is InChI=1S/C27H28FN3O3/c28-22-9-11-24(12-10-22)31-20-27(34-26(31)32)13-5-16-30(17-14-27)18-21-6-1-2-8-25(21)33-19-23-7-3-4-15-29-23/h1-4,6-12,15H,5,13-14,16-20H2/t27-/m1/s1. The van der Waals surface area contributed by atoms with Crippen LogP contribution in [0.3, 0.4) is 0 Å². The molecular weight excluding hydrogens is 433 g/mol. The molecule has 3 aromatic rings. The van der Waals surface area contributed by atoms with Crippen LogP contribution < -0.4 is 9.64 Å². The van der Waals surface area contributed by atoms with Crippen molar-refractivity contribution < 1.29 is 18.7 Å². The van der Waals surface area contributed by atoms with E-state index in [2.05, 4.69) is 16.0 Å². The van der Waals surface area contributed by atoms with E-state index in [0.717, 1.165) is 55.9 Å². The molecule has 0 aliphatic carbocycles. The van der Waals surface area contributed by atoms with Gasteiger partial charge in [-0.1, -0.05) is 24.3 Å². The van der Waals surface area contributed by atoms with Gasteiger partial charge in [0.1, 0.15) is 23.8 Å². The first-order chi connectivity index (χ1) is 16.6. The maximum atomic E-state index is 13.3. The Morgan fingerprint density at radius 1 is 1.00 bits per heavy atom. The summed E-state index contributed by atoms with van der Waals surface area (Å²) in [5.74, 6) is 0.544. The molecule has 2 fully saturated rings. The maximum Gasteiger partial charge on any atom is 0.415 e. The van der Waals surface area contributed by atoms with Gasteiger partial charge in [0, 0.05) is 37.0 Å². The van der Waals surface area contributed by atoms with Gasteiger partial charge in [0.05, 0.1) is 12.2 Å². The number of benzene rings is 2. The van der Waals surface area contributed by atoms with Crippen LogP contribution in [0.5, 0.6) is 5.75 Å². The minimum absolute atomic E-state index is 0.319. The molecule has 0 N–H and O–H groups in total. The number of anilines is 1. The Morgan fingerprint density at radius 2 is 1.82 bits per heavy atom. The highest BCUT2D eigenvalue weighted by Crippen LogP contribution is 2.36. The highest BCUT2D eigenvalue weighted by atomic mass is 19.1. The predicted molar refractivity (Wildman–Crippen MR) is 127 cm³/mol. The molecule has 1 amide bonds. The molecule has 2 aromatic carbocycles. The SMILES string of the molecule is O=C1O[C@@]2(CCCN(Cc3ccccc3OCc3ccccn3)CC2)CN1c1ccc(F)cc1. The average molecular weight is 462 g/mol. The summed E-state index contributed by atoms with van der Waals surface area (Å²) in [6, 6.07) is 19.9. The second-order valence-electron chi connectivity index (χ2n) is 8.96. The van der Waals surface area contributed by atoms with Crippen LogP contribution in [0.2, 0.25) is 0 Å². The van der Waals surface area contributed by atoms with Crippen molar-refractivity contribution in [1.29, 1.82) is 0 Å². The number of aromatic nitrogens is 1. The van der Waals surface area contributed by atoms with Crippen LogP contribution in [-0.4, -0.2) is 41.2 Å². The van der Waals surface area contributed by atoms with Gasteiger partial charge in [-0.2, -0.15) is 0 Å². The fourth-order valence-electron chi connectivity index (χ4n) is 4.74. The van der Waals surface area contributed by atoms with Crippen LogP contribution in [0.15, 0.2) is 72.9 Å². The lowest BCUT2D eigenvalue weighted by Crippen LogP contribution is -2.36. The molecule has 1 aromatic heterocycles. The van der Waals surface area contributed by atoms with Crippen molar-refractivity contribution in [2.75, 3.05) is 24.5 Å². The number of carbonyl (C=O) groups is 1. The Kier molecular flexibility index (Phi) is 6.45. The Labute approximate surface area is 198 Å². The lowest BCUT2D eigenvalue weighted by molar-refractivity contribution is 0.0443. The van der Waals surface area contributed by atoms with Crippen molar-refractivity contribution in [1.82, 2.24) is 9.88 Å². The van der Waals surface area contributed by atoms with Gasteiger partial charge in [-0.15, -0.1) is 0 Å². The van der Waals surface area contributed by atoms with Gasteiger partial charge in [-0.3, -0.25) is 14.8 Å². The molecule has 2 saturated heterocycles. The number of likely N-dealkylation sites (tertiary alicyclic amines) is 1. The monoisotopic (exact) mass is 461 g/mol. The minimum Gasteiger partial charge on any atom is -0.487 e. The third-order valence-electron chi connectivity index (χ3n) is 6.57. The predicted octanol–water partition coefficient (Wildman–Crippen LogP) is 5.18. The molecule has 2 aliphatic rings. The van der Waals surface area contributed by atoms with E-state index >= 15 is 0 Å². The third kappa shape index (κ3) is 5.04. The highest BCUT2D eigenvalue weighted by Gasteiger charge is 2.46. The van der Waals surface area contributed by atoms with Gasteiger partial charge in [-0.25, -0.2) is 9.18 Å². The fraction of sp³-hybridized carbons (Fsp3) is 0.333. The quantitative estimate of drug-likeness (QED) is 0.506. The van der Waals surface area contributed by atoms with E-state index < -0.39 is 5.60 Å². The molecule has 2 aliphatic heterocycles. The molecule has 0 bridgehead atoms. The maximum absolute atomic E-state index is 13.3. The van der Waals surface area contributed by atoms with Crippen molar-refractivity contribution in [2.45, 2.75) is 38.0 Å². The third-order valence-corrected chi connectivity index (χ3v) is 6.57. The fourth-order valence-corrected chi connectivity index (χ4v) is 4.74. The molecule has 5 rings (SSSR count). The van der Waals surface area contributed by atoms with Gasteiger partial charge in [0.15, 0.2) is 0 Å². The number of pyridine rings is 1. The molecule has 176 valence electrons. The molecule has 34 heavy (non-hydrogen) atoms. The summed E-state index contributed by atoms with van der Waals surface area (Å²) in [5, 5.41) is 0. The summed E-state index contributed by atoms with van der Waals surface area (Å²) in [4.78, 5) is 21.0. The van der Waals surface area contributed by atoms with Crippen LogP contribution in [0, 0.1) is 5.82 Å². The largest absolute Gasteiger partial charge is 0.487 e. The molecule has 1 spiro atoms. The van der Waals surface area contributed by atoms with Crippen molar-refractivity contribution in [3.63, 3.8) is 0 Å². The smallest absolute Gasteiger partial charge is 0.415 e. The second-order valence-corrected chi connectivity index (χ2v) is 8.96. The number of hydrogen-bond donors (Lipinski definition) is 0. The number of hydrogen-bond acceptors (Lipinski definition) is 5. The van der Waals surface area contributed by atoms with Crippen molar-refractivity contribution in [3.05, 3.63) is 90.0 Å². The molecule has 0 unspecified atom stereocenters. The summed E-state index contributed by atoms with van der Waals surface area (Å²) in [6.45, 7) is 3.43. The molecule has 6 nitrogen and oxygen atoms in total. The molecule has 3 heterocycles. The van der Waals surface area contributed by atoms with E-state index in [1.54, 1.807) is 23.2 Å². The first-order valence-corrected chi connectivity index (χ1v) is 11.7. The van der Waals surface area contributed by atoms with Gasteiger partial charge in [0.25, 0.3) is 0 Å². The Morgan fingerprint density at radius 3 is 2.65 bits per heavy atom. The number of para-hydroxylation sites is 1. The number of amides is 1. The van der Waals surface area contributed by atoms with Gasteiger partial charge in [-0.05, 0) is 61.9 Å². The Bertz CT molecular complexity index is 1130. The van der Waals surface area contributed by atoms with Crippen LogP contribution in [-0.2, 0) is 17.9 Å². The lowest BCUT2D eigenvalue weighted by atomic mass is 9.95. The lowest BCUT2D eigenvalue weighted by Gasteiger charge is -2.26. The first kappa shape index (κ1) is 22.3. The normalized spacial score (nSPS) is 20.9. The van der Waals surface area contributed by atoms with Gasteiger partial charge >= 0.3 is 6.09 Å². The highest BCUT2D eigenvalue weighted by molar-refractivity contribution is 5.90. The summed E-state index contributed by atoms with van der Waals surface area (Å²) in [7, 11) is 0. The van der Waals surface area contributed by atoms with Crippen molar-refractivity contribution in [3.8, 4) is 5.75 Å². The zero-order valence-corrected chi connectivity index (χ0v) is 19.0. The van der Waals surface area contributed by atoms with Gasteiger partial charge < -0.3 is 9.47 Å². The second kappa shape index (κ2) is 9.81. The summed E-state index contributed by atoms with van der Waals surface area (Å²) < 4.78 is 25.3. The van der Waals surface area contributed by atoms with E-state index in [1.165, 1.54) is 12.1 Å². The number of halogens is 1. The summed E-state index contributed by atoms with van der Waals surface area (Å²) in [6.07, 6.45) is 3.91. The number of ether oxygens (including phenoxy) is 2. The molecule has 0 radical (unpaired) electrons. The van der Waals surface area contributed by atoms with Crippen LogP contribution >= 0.6 is 0 Å². The average Bonchev–Trinajstić information content (AvgIpc) is 3.06.